The number of amidine groups is 1. The first kappa shape index (κ1) is 16.3. The van der Waals surface area contributed by atoms with Gasteiger partial charge in [-0.1, -0.05) is 60.7 Å². The summed E-state index contributed by atoms with van der Waals surface area (Å²) in [5.41, 5.74) is 2.15. The number of rotatable bonds is 6. The van der Waals surface area contributed by atoms with E-state index in [9.17, 15) is 0 Å². The lowest BCUT2D eigenvalue weighted by molar-refractivity contribution is 0.0782. The zero-order valence-electron chi connectivity index (χ0n) is 15.0. The molecular formula is C22H26N2O. The molecule has 1 fully saturated rings. The van der Waals surface area contributed by atoms with Gasteiger partial charge in [0.25, 0.3) is 0 Å². The maximum Gasteiger partial charge on any atom is 0.124 e. The summed E-state index contributed by atoms with van der Waals surface area (Å²) in [5, 5.41) is 3.64. The monoisotopic (exact) mass is 334 g/mol. The molecule has 0 aromatic heterocycles. The lowest BCUT2D eigenvalue weighted by atomic mass is 9.82. The largest absolute Gasteiger partial charge is 0.370 e. The highest BCUT2D eigenvalue weighted by Gasteiger charge is 2.42. The number of ether oxygens (including phenoxy) is 1. The van der Waals surface area contributed by atoms with E-state index in [0.29, 0.717) is 12.7 Å². The van der Waals surface area contributed by atoms with Crippen LogP contribution in [0.3, 0.4) is 0 Å². The van der Waals surface area contributed by atoms with Gasteiger partial charge in [0.2, 0.25) is 0 Å². The van der Waals surface area contributed by atoms with Crippen molar-refractivity contribution in [3.8, 4) is 0 Å². The summed E-state index contributed by atoms with van der Waals surface area (Å²) in [6.07, 6.45) is 2.92. The number of benzene rings is 2. The van der Waals surface area contributed by atoms with Gasteiger partial charge in [0, 0.05) is 0 Å². The van der Waals surface area contributed by atoms with E-state index < -0.39 is 0 Å². The molecule has 130 valence electrons. The van der Waals surface area contributed by atoms with Crippen LogP contribution in [0.25, 0.3) is 0 Å². The van der Waals surface area contributed by atoms with Crippen molar-refractivity contribution in [1.82, 2.24) is 5.32 Å². The zero-order chi connectivity index (χ0) is 17.3. The quantitative estimate of drug-likeness (QED) is 0.846. The average molecular weight is 334 g/mol. The number of hydrogen-bond acceptors (Lipinski definition) is 3. The van der Waals surface area contributed by atoms with E-state index in [2.05, 4.69) is 79.8 Å². The van der Waals surface area contributed by atoms with Gasteiger partial charge >= 0.3 is 0 Å². The first-order valence-electron chi connectivity index (χ1n) is 9.24. The molecule has 1 N–H and O–H groups in total. The van der Waals surface area contributed by atoms with Gasteiger partial charge in [-0.25, -0.2) is 0 Å². The molecule has 3 heteroatoms. The third kappa shape index (κ3) is 3.34. The molecule has 25 heavy (non-hydrogen) atoms. The number of aliphatic imine (C=N–C) groups is 1. The Labute approximate surface area is 150 Å². The van der Waals surface area contributed by atoms with Gasteiger partial charge in [-0.15, -0.1) is 0 Å². The lowest BCUT2D eigenvalue weighted by Gasteiger charge is -2.30. The highest BCUT2D eigenvalue weighted by Crippen LogP contribution is 2.42. The topological polar surface area (TPSA) is 33.6 Å². The van der Waals surface area contributed by atoms with Gasteiger partial charge in [0.1, 0.15) is 18.0 Å². The molecule has 1 heterocycles. The second-order valence-corrected chi connectivity index (χ2v) is 7.41. The Bertz CT molecular complexity index is 739. The molecule has 1 aliphatic heterocycles. The van der Waals surface area contributed by atoms with Crippen molar-refractivity contribution in [2.75, 3.05) is 6.61 Å². The van der Waals surface area contributed by atoms with Crippen molar-refractivity contribution in [2.24, 2.45) is 10.9 Å². The standard InChI is InChI=1S/C22H26N2O/c1-16(17-13-14-17)25-15-20-23-21(18-9-5-3-6-10-18)22(2,24-20)19-11-7-4-8-12-19/h3-12,16-17,21H,13-15H2,1-2H3,(H,23,24). The molecule has 1 aliphatic carbocycles. The van der Waals surface area contributed by atoms with Crippen molar-refractivity contribution in [3.05, 3.63) is 71.8 Å². The summed E-state index contributed by atoms with van der Waals surface area (Å²) in [4.78, 5) is 5.08. The van der Waals surface area contributed by atoms with Crippen LogP contribution in [-0.4, -0.2) is 18.5 Å². The van der Waals surface area contributed by atoms with Crippen molar-refractivity contribution in [3.63, 3.8) is 0 Å². The highest BCUT2D eigenvalue weighted by atomic mass is 16.5. The van der Waals surface area contributed by atoms with E-state index in [1.54, 1.807) is 0 Å². The third-order valence-corrected chi connectivity index (χ3v) is 5.50. The molecule has 0 radical (unpaired) electrons. The fourth-order valence-electron chi connectivity index (χ4n) is 3.73. The maximum atomic E-state index is 6.07. The maximum absolute atomic E-state index is 6.07. The van der Waals surface area contributed by atoms with E-state index in [4.69, 9.17) is 9.73 Å². The fourth-order valence-corrected chi connectivity index (χ4v) is 3.73. The molecule has 3 atom stereocenters. The minimum atomic E-state index is -0.329. The van der Waals surface area contributed by atoms with Crippen LogP contribution in [-0.2, 0) is 10.3 Å². The summed E-state index contributed by atoms with van der Waals surface area (Å²) < 4.78 is 6.07. The predicted molar refractivity (Wildman–Crippen MR) is 102 cm³/mol. The highest BCUT2D eigenvalue weighted by molar-refractivity contribution is 5.86. The van der Waals surface area contributed by atoms with Gasteiger partial charge in [-0.3, -0.25) is 4.99 Å². The third-order valence-electron chi connectivity index (χ3n) is 5.50. The van der Waals surface area contributed by atoms with Crippen LogP contribution in [0.4, 0.5) is 0 Å². The average Bonchev–Trinajstić information content (AvgIpc) is 3.45. The Hall–Kier alpha value is -2.13. The first-order chi connectivity index (χ1) is 12.2. The van der Waals surface area contributed by atoms with E-state index in [1.165, 1.54) is 24.0 Å². The van der Waals surface area contributed by atoms with Crippen LogP contribution in [0.15, 0.2) is 65.7 Å². The van der Waals surface area contributed by atoms with Gasteiger partial charge < -0.3 is 10.1 Å². The molecule has 2 aromatic rings. The number of hydrogen-bond donors (Lipinski definition) is 1. The van der Waals surface area contributed by atoms with Crippen molar-refractivity contribution in [1.29, 1.82) is 0 Å². The van der Waals surface area contributed by atoms with E-state index in [1.807, 2.05) is 0 Å². The van der Waals surface area contributed by atoms with Gasteiger partial charge in [0.15, 0.2) is 0 Å². The minimum absolute atomic E-state index is 0.117. The second-order valence-electron chi connectivity index (χ2n) is 7.41. The second kappa shape index (κ2) is 6.64. The molecule has 3 unspecified atom stereocenters. The molecule has 2 aliphatic rings. The van der Waals surface area contributed by atoms with Crippen molar-refractivity contribution >= 4 is 5.84 Å². The zero-order valence-corrected chi connectivity index (χ0v) is 15.0. The van der Waals surface area contributed by atoms with Gasteiger partial charge in [-0.2, -0.15) is 0 Å². The van der Waals surface area contributed by atoms with Gasteiger partial charge in [0.05, 0.1) is 12.1 Å². The molecule has 1 saturated carbocycles. The van der Waals surface area contributed by atoms with E-state index in [0.717, 1.165) is 11.8 Å². The Morgan fingerprint density at radius 1 is 1.08 bits per heavy atom. The van der Waals surface area contributed by atoms with Crippen LogP contribution in [0.5, 0.6) is 0 Å². The van der Waals surface area contributed by atoms with E-state index >= 15 is 0 Å². The Kier molecular flexibility index (Phi) is 4.34. The van der Waals surface area contributed by atoms with Crippen LogP contribution >= 0.6 is 0 Å². The Balaban J connectivity index is 1.60. The first-order valence-corrected chi connectivity index (χ1v) is 9.24. The summed E-state index contributed by atoms with van der Waals surface area (Å²) in [6, 6.07) is 21.2. The SMILES string of the molecule is CC(OCC1=NC(C)(c2ccccc2)C(c2ccccc2)N1)C1CC1. The number of nitrogens with one attached hydrogen (secondary N) is 1. The van der Waals surface area contributed by atoms with Gasteiger partial charge in [-0.05, 0) is 43.7 Å². The Morgan fingerprint density at radius 3 is 2.36 bits per heavy atom. The molecule has 2 aromatic carbocycles. The molecule has 0 spiro atoms. The van der Waals surface area contributed by atoms with Crippen LogP contribution < -0.4 is 5.32 Å². The normalized spacial score (nSPS) is 26.8. The smallest absolute Gasteiger partial charge is 0.124 e. The molecule has 3 nitrogen and oxygen atoms in total. The van der Waals surface area contributed by atoms with E-state index in [-0.39, 0.29) is 11.6 Å². The van der Waals surface area contributed by atoms with Crippen LogP contribution in [0, 0.1) is 5.92 Å². The number of nitrogens with zero attached hydrogens (tertiary/aromatic N) is 1. The summed E-state index contributed by atoms with van der Waals surface area (Å²) in [5.74, 6) is 1.69. The van der Waals surface area contributed by atoms with Crippen molar-refractivity contribution in [2.45, 2.75) is 44.4 Å². The molecule has 4 rings (SSSR count). The van der Waals surface area contributed by atoms with Crippen molar-refractivity contribution < 1.29 is 4.74 Å². The summed E-state index contributed by atoms with van der Waals surface area (Å²) >= 11 is 0. The lowest BCUT2D eigenvalue weighted by Crippen LogP contribution is -2.34. The van der Waals surface area contributed by atoms with Crippen LogP contribution in [0.2, 0.25) is 0 Å². The van der Waals surface area contributed by atoms with Crippen LogP contribution in [0.1, 0.15) is 43.9 Å². The molecule has 0 amide bonds. The summed E-state index contributed by atoms with van der Waals surface area (Å²) in [6.45, 7) is 4.95. The minimum Gasteiger partial charge on any atom is -0.370 e. The molecular weight excluding hydrogens is 308 g/mol. The molecule has 0 bridgehead atoms. The molecule has 0 saturated heterocycles. The fraction of sp³-hybridized carbons (Fsp3) is 0.409. The summed E-state index contributed by atoms with van der Waals surface area (Å²) in [7, 11) is 0. The predicted octanol–water partition coefficient (Wildman–Crippen LogP) is 4.46. The Morgan fingerprint density at radius 2 is 1.72 bits per heavy atom.